The van der Waals surface area contributed by atoms with Gasteiger partial charge in [-0.15, -0.1) is 0 Å². The fourth-order valence-electron chi connectivity index (χ4n) is 6.29. The smallest absolute Gasteiger partial charge is 0.305 e. The summed E-state index contributed by atoms with van der Waals surface area (Å²) in [7, 11) is 2.77. The second kappa shape index (κ2) is 12.7. The van der Waals surface area contributed by atoms with Crippen LogP contribution in [0.4, 0.5) is 0 Å². The van der Waals surface area contributed by atoms with Gasteiger partial charge < -0.3 is 19.6 Å². The maximum Gasteiger partial charge on any atom is 0.305 e. The molecule has 0 unspecified atom stereocenters. The molecule has 4 aliphatic rings. The molecule has 45 heavy (non-hydrogen) atoms. The van der Waals surface area contributed by atoms with Gasteiger partial charge in [0.2, 0.25) is 0 Å². The molecule has 9 heteroatoms. The third-order valence-electron chi connectivity index (χ3n) is 8.92. The van der Waals surface area contributed by atoms with Crippen LogP contribution in [0.5, 0.6) is 0 Å². The fraction of sp³-hybridized carbons (Fsp3) is 0.361. The number of allylic oxidation sites excluding steroid dienone is 8. The molecule has 0 amide bonds. The number of hydrogen-bond acceptors (Lipinski definition) is 8. The van der Waals surface area contributed by atoms with Gasteiger partial charge in [-0.1, -0.05) is 6.92 Å². The molecule has 0 fully saturated rings. The van der Waals surface area contributed by atoms with E-state index in [2.05, 4.69) is 18.8 Å². The van der Waals surface area contributed by atoms with Crippen molar-refractivity contribution in [3.8, 4) is 0 Å². The van der Waals surface area contributed by atoms with Crippen LogP contribution in [0.1, 0.15) is 78.0 Å². The van der Waals surface area contributed by atoms with Gasteiger partial charge in [0, 0.05) is 23.8 Å². The number of hydrogen-bond donors (Lipinski definition) is 2. The lowest BCUT2D eigenvalue weighted by Gasteiger charge is -2.08. The molecule has 0 aromatic carbocycles. The molecule has 0 saturated heterocycles. The average Bonchev–Trinajstić information content (AvgIpc) is 3.67. The number of aliphatic hydroxyl groups is 1. The highest BCUT2D eigenvalue weighted by Crippen LogP contribution is 2.36. The van der Waals surface area contributed by atoms with Crippen LogP contribution >= 0.6 is 0 Å². The molecule has 5 rings (SSSR count). The lowest BCUT2D eigenvalue weighted by atomic mass is 9.96. The highest BCUT2D eigenvalue weighted by atomic mass is 16.5. The Labute approximate surface area is 263 Å². The molecule has 1 aromatic heterocycles. The number of nitrogens with one attached hydrogen (secondary N) is 1. The summed E-state index contributed by atoms with van der Waals surface area (Å²) in [6.45, 7) is 11.9. The maximum absolute atomic E-state index is 12.2. The van der Waals surface area contributed by atoms with Crippen molar-refractivity contribution >= 4 is 47.0 Å². The summed E-state index contributed by atoms with van der Waals surface area (Å²) in [5.41, 5.74) is 12.3. The van der Waals surface area contributed by atoms with E-state index >= 15 is 0 Å². The number of ether oxygens (including phenoxy) is 2. The molecule has 2 N–H and O–H groups in total. The van der Waals surface area contributed by atoms with Crippen LogP contribution in [0, 0.1) is 6.92 Å². The lowest BCUT2D eigenvalue weighted by molar-refractivity contribution is -0.141. The lowest BCUT2D eigenvalue weighted by Crippen LogP contribution is -2.27. The largest absolute Gasteiger partial charge is 0.512 e. The summed E-state index contributed by atoms with van der Waals surface area (Å²) in [6, 6.07) is 0. The van der Waals surface area contributed by atoms with Crippen molar-refractivity contribution in [1.82, 2.24) is 4.98 Å². The zero-order chi connectivity index (χ0) is 32.6. The van der Waals surface area contributed by atoms with E-state index in [1.54, 1.807) is 6.92 Å². The van der Waals surface area contributed by atoms with Gasteiger partial charge in [0.05, 0.1) is 59.6 Å². The number of fused-ring (bicyclic) bond motifs is 5. The first kappa shape index (κ1) is 31.6. The first-order valence-corrected chi connectivity index (χ1v) is 15.2. The summed E-state index contributed by atoms with van der Waals surface area (Å²) in [5.74, 6) is -0.380. The van der Waals surface area contributed by atoms with Crippen LogP contribution in [0.25, 0.3) is 17.9 Å². The number of rotatable bonds is 7. The topological polar surface area (TPSA) is 126 Å². The number of H-pyrrole nitrogens is 1. The average molecular weight is 609 g/mol. The predicted molar refractivity (Wildman–Crippen MR) is 178 cm³/mol. The number of carbonyl (C=O) groups excluding carboxylic acids is 2. The molecule has 0 radical (unpaired) electrons. The first-order chi connectivity index (χ1) is 21.5. The Morgan fingerprint density at radius 2 is 1.27 bits per heavy atom. The van der Waals surface area contributed by atoms with E-state index in [4.69, 9.17) is 24.5 Å². The molecule has 0 atom stereocenters. The highest BCUT2D eigenvalue weighted by molar-refractivity contribution is 6.24. The Balaban J connectivity index is 1.80. The molecule has 5 heterocycles. The zero-order valence-corrected chi connectivity index (χ0v) is 27.3. The number of carbonyl (C=O) groups is 2. The summed E-state index contributed by atoms with van der Waals surface area (Å²) >= 11 is 0. The van der Waals surface area contributed by atoms with Crippen molar-refractivity contribution in [2.75, 3.05) is 14.2 Å². The van der Waals surface area contributed by atoms with Crippen molar-refractivity contribution in [2.24, 2.45) is 15.0 Å². The Bertz CT molecular complexity index is 1930. The molecule has 0 saturated carbocycles. The molecule has 9 nitrogen and oxygen atoms in total. The van der Waals surface area contributed by atoms with Crippen molar-refractivity contribution in [3.05, 3.63) is 84.5 Å². The number of methoxy groups -OCH3 is 2. The van der Waals surface area contributed by atoms with Gasteiger partial charge in [-0.3, -0.25) is 9.59 Å². The number of aliphatic imine (C=N–C) groups is 3. The van der Waals surface area contributed by atoms with Crippen LogP contribution in [-0.2, 0) is 19.1 Å². The second-order valence-electron chi connectivity index (χ2n) is 11.6. The molecule has 4 aliphatic heterocycles. The van der Waals surface area contributed by atoms with Gasteiger partial charge in [0.1, 0.15) is 0 Å². The van der Waals surface area contributed by atoms with Crippen LogP contribution in [0.2, 0.25) is 0 Å². The molecule has 1 aromatic rings. The van der Waals surface area contributed by atoms with E-state index < -0.39 is 0 Å². The number of esters is 2. The minimum atomic E-state index is -0.300. The Morgan fingerprint density at radius 3 is 1.87 bits per heavy atom. The fourth-order valence-corrected chi connectivity index (χ4v) is 6.29. The van der Waals surface area contributed by atoms with Crippen LogP contribution in [0.15, 0.2) is 77.7 Å². The minimum absolute atomic E-state index is 0.207. The van der Waals surface area contributed by atoms with Crippen LogP contribution in [-0.4, -0.2) is 53.4 Å². The van der Waals surface area contributed by atoms with E-state index in [1.165, 1.54) is 14.2 Å². The summed E-state index contributed by atoms with van der Waals surface area (Å²) in [6.07, 6.45) is 10.0. The van der Waals surface area contributed by atoms with Gasteiger partial charge in [-0.25, -0.2) is 15.0 Å². The molecular weight excluding hydrogens is 568 g/mol. The maximum atomic E-state index is 12.2. The minimum Gasteiger partial charge on any atom is -0.512 e. The van der Waals surface area contributed by atoms with E-state index in [-0.39, 0.29) is 30.5 Å². The first-order valence-electron chi connectivity index (χ1n) is 15.2. The van der Waals surface area contributed by atoms with E-state index in [9.17, 15) is 14.7 Å². The molecule has 0 aliphatic carbocycles. The zero-order valence-electron chi connectivity index (χ0n) is 27.3. The molecule has 234 valence electrons. The number of aliphatic hydroxyl groups excluding tert-OH is 1. The van der Waals surface area contributed by atoms with Gasteiger partial charge in [-0.05, 0) is 117 Å². The number of aromatic amines is 1. The molecule has 8 bridgehead atoms. The summed E-state index contributed by atoms with van der Waals surface area (Å²) < 4.78 is 9.87. The van der Waals surface area contributed by atoms with Gasteiger partial charge in [0.15, 0.2) is 0 Å². The van der Waals surface area contributed by atoms with Crippen LogP contribution < -0.4 is 10.6 Å². The SMILES string of the molecule is CCC1=C(C)C2=CC3=NC(=CC4=NC(=Cc5[nH]c(/c(=C(\C)O)c5C)=CC1=N2)C(C)=C4CCC(=O)OC)C(CCC(=O)OC)=C3C. The van der Waals surface area contributed by atoms with Crippen molar-refractivity contribution in [2.45, 2.75) is 73.6 Å². The van der Waals surface area contributed by atoms with Crippen molar-refractivity contribution in [1.29, 1.82) is 0 Å². The monoisotopic (exact) mass is 608 g/mol. The van der Waals surface area contributed by atoms with Crippen molar-refractivity contribution < 1.29 is 24.2 Å². The quantitative estimate of drug-likeness (QED) is 0.393. The Kier molecular flexibility index (Phi) is 8.91. The van der Waals surface area contributed by atoms with E-state index in [1.807, 2.05) is 45.1 Å². The molecular formula is C36H40N4O5. The normalized spacial score (nSPS) is 18.2. The number of nitrogens with zero attached hydrogens (tertiary/aromatic N) is 3. The second-order valence-corrected chi connectivity index (χ2v) is 11.6. The summed E-state index contributed by atoms with van der Waals surface area (Å²) in [5, 5.41) is 12.2. The Morgan fingerprint density at radius 1 is 0.733 bits per heavy atom. The Hall–Kier alpha value is -4.79. The van der Waals surface area contributed by atoms with Gasteiger partial charge >= 0.3 is 11.9 Å². The van der Waals surface area contributed by atoms with Crippen LogP contribution in [0.3, 0.4) is 0 Å². The van der Waals surface area contributed by atoms with E-state index in [0.717, 1.165) is 90.2 Å². The number of aromatic nitrogens is 1. The highest BCUT2D eigenvalue weighted by Gasteiger charge is 2.27. The molecule has 0 spiro atoms. The van der Waals surface area contributed by atoms with E-state index in [0.29, 0.717) is 18.6 Å². The third-order valence-corrected chi connectivity index (χ3v) is 8.92. The standard InChI is InChI=1S/C36H40N4O5/c1-9-23-18(2)26-14-27-19(3)24(10-12-34(42)44-7)31(38-27)16-32-25(11-13-35(43)45-8)20(4)28(39-32)15-29-21(5)36(22(6)41)33(40-29)17-30(23)37-26/h14-17,40-41H,9-13H2,1-8H3/b26-14?,28-15?,31-16?,33-17?,36-22+. The summed E-state index contributed by atoms with van der Waals surface area (Å²) in [4.78, 5) is 43.0. The van der Waals surface area contributed by atoms with Gasteiger partial charge in [0.25, 0.3) is 0 Å². The predicted octanol–water partition coefficient (Wildman–Crippen LogP) is 5.54. The van der Waals surface area contributed by atoms with Gasteiger partial charge in [-0.2, -0.15) is 0 Å². The van der Waals surface area contributed by atoms with Crippen molar-refractivity contribution in [3.63, 3.8) is 0 Å². The third kappa shape index (κ3) is 5.99.